The zero-order chi connectivity index (χ0) is 13.7. The number of ether oxygens (including phenoxy) is 1. The fourth-order valence-corrected chi connectivity index (χ4v) is 2.62. The zero-order valence-corrected chi connectivity index (χ0v) is 12.2. The molecule has 5 heteroatoms. The number of carbonyl (C=O) groups is 1. The molecule has 18 heavy (non-hydrogen) atoms. The quantitative estimate of drug-likeness (QED) is 0.805. The van der Waals surface area contributed by atoms with Crippen molar-refractivity contribution < 1.29 is 14.6 Å². The minimum absolute atomic E-state index is 0.294. The summed E-state index contributed by atoms with van der Waals surface area (Å²) < 4.78 is 4.68. The molecule has 0 bridgehead atoms. The van der Waals surface area contributed by atoms with E-state index in [0.29, 0.717) is 17.5 Å². The average Bonchev–Trinajstić information content (AvgIpc) is 2.75. The molecule has 1 aromatic heterocycles. The molecule has 0 aliphatic rings. The van der Waals surface area contributed by atoms with Crippen LogP contribution in [0, 0.1) is 0 Å². The van der Waals surface area contributed by atoms with Crippen LogP contribution in [0.25, 0.3) is 0 Å². The van der Waals surface area contributed by atoms with Gasteiger partial charge < -0.3 is 9.84 Å². The first-order valence-corrected chi connectivity index (χ1v) is 6.84. The first-order valence-electron chi connectivity index (χ1n) is 6.03. The van der Waals surface area contributed by atoms with Crippen LogP contribution >= 0.6 is 11.3 Å². The number of methoxy groups -OCH3 is 1. The molecule has 1 atom stereocenters. The van der Waals surface area contributed by atoms with E-state index in [0.717, 1.165) is 11.4 Å². The van der Waals surface area contributed by atoms with Crippen LogP contribution in [-0.2, 0) is 11.3 Å². The molecule has 1 unspecified atom stereocenters. The molecule has 0 amide bonds. The van der Waals surface area contributed by atoms with Crippen molar-refractivity contribution in [1.82, 2.24) is 4.90 Å². The summed E-state index contributed by atoms with van der Waals surface area (Å²) in [5, 5.41) is 9.47. The SMILES string of the molecule is COC(=O)c1ccc(CN(CC(C)O)C(C)C)s1. The van der Waals surface area contributed by atoms with Crippen LogP contribution in [0.15, 0.2) is 12.1 Å². The molecule has 4 nitrogen and oxygen atoms in total. The van der Waals surface area contributed by atoms with Crippen molar-refractivity contribution >= 4 is 17.3 Å². The third-order valence-electron chi connectivity index (χ3n) is 2.64. The predicted molar refractivity (Wildman–Crippen MR) is 72.9 cm³/mol. The molecule has 1 N–H and O–H groups in total. The Labute approximate surface area is 112 Å². The molecule has 102 valence electrons. The van der Waals surface area contributed by atoms with E-state index < -0.39 is 0 Å². The van der Waals surface area contributed by atoms with Crippen LogP contribution in [0.4, 0.5) is 0 Å². The number of hydrogen-bond donors (Lipinski definition) is 1. The Morgan fingerprint density at radius 3 is 2.61 bits per heavy atom. The van der Waals surface area contributed by atoms with E-state index in [1.165, 1.54) is 18.4 Å². The van der Waals surface area contributed by atoms with Gasteiger partial charge in [-0.15, -0.1) is 11.3 Å². The molecule has 0 saturated heterocycles. The summed E-state index contributed by atoms with van der Waals surface area (Å²) in [4.78, 5) is 15.3. The number of thiophene rings is 1. The first-order chi connectivity index (χ1) is 8.43. The lowest BCUT2D eigenvalue weighted by molar-refractivity contribution is 0.0606. The van der Waals surface area contributed by atoms with E-state index in [-0.39, 0.29) is 12.1 Å². The number of rotatable bonds is 6. The Morgan fingerprint density at radius 1 is 1.44 bits per heavy atom. The van der Waals surface area contributed by atoms with Crippen LogP contribution in [0.2, 0.25) is 0 Å². The standard InChI is InChI=1S/C13H21NO3S/c1-9(2)14(7-10(3)15)8-11-5-6-12(18-11)13(16)17-4/h5-6,9-10,15H,7-8H2,1-4H3. The van der Waals surface area contributed by atoms with E-state index in [1.807, 2.05) is 6.07 Å². The maximum Gasteiger partial charge on any atom is 0.348 e. The molecule has 0 radical (unpaired) electrons. The van der Waals surface area contributed by atoms with Crippen LogP contribution in [-0.4, -0.2) is 41.8 Å². The summed E-state index contributed by atoms with van der Waals surface area (Å²) in [7, 11) is 1.38. The van der Waals surface area contributed by atoms with Crippen molar-refractivity contribution in [3.8, 4) is 0 Å². The number of hydrogen-bond acceptors (Lipinski definition) is 5. The number of nitrogens with zero attached hydrogens (tertiary/aromatic N) is 1. The fraction of sp³-hybridized carbons (Fsp3) is 0.615. The summed E-state index contributed by atoms with van der Waals surface area (Å²) in [5.41, 5.74) is 0. The lowest BCUT2D eigenvalue weighted by atomic mass is 10.2. The molecule has 0 aliphatic carbocycles. The molecule has 1 rings (SSSR count). The van der Waals surface area contributed by atoms with Crippen LogP contribution < -0.4 is 0 Å². The number of carbonyl (C=O) groups excluding carboxylic acids is 1. The third kappa shape index (κ3) is 4.40. The topological polar surface area (TPSA) is 49.8 Å². The number of aliphatic hydroxyl groups excluding tert-OH is 1. The van der Waals surface area contributed by atoms with Crippen LogP contribution in [0.3, 0.4) is 0 Å². The van der Waals surface area contributed by atoms with E-state index >= 15 is 0 Å². The minimum atomic E-state index is -0.354. The molecular weight excluding hydrogens is 250 g/mol. The van der Waals surface area contributed by atoms with Gasteiger partial charge in [0.25, 0.3) is 0 Å². The Balaban J connectivity index is 2.69. The van der Waals surface area contributed by atoms with Crippen LogP contribution in [0.1, 0.15) is 35.3 Å². The number of esters is 1. The summed E-state index contributed by atoms with van der Waals surface area (Å²) in [6.07, 6.45) is -0.354. The highest BCUT2D eigenvalue weighted by Gasteiger charge is 2.15. The van der Waals surface area contributed by atoms with Crippen molar-refractivity contribution in [3.63, 3.8) is 0 Å². The fourth-order valence-electron chi connectivity index (χ4n) is 1.67. The van der Waals surface area contributed by atoms with Gasteiger partial charge in [-0.3, -0.25) is 4.90 Å². The van der Waals surface area contributed by atoms with Gasteiger partial charge in [0, 0.05) is 24.0 Å². The monoisotopic (exact) mass is 271 g/mol. The van der Waals surface area contributed by atoms with Gasteiger partial charge in [-0.05, 0) is 32.9 Å². The predicted octanol–water partition coefficient (Wildman–Crippen LogP) is 2.13. The summed E-state index contributed by atoms with van der Waals surface area (Å²) >= 11 is 1.44. The maximum absolute atomic E-state index is 11.4. The highest BCUT2D eigenvalue weighted by atomic mass is 32.1. The molecule has 1 heterocycles. The molecule has 0 saturated carbocycles. The number of aliphatic hydroxyl groups is 1. The highest BCUT2D eigenvalue weighted by molar-refractivity contribution is 7.13. The van der Waals surface area contributed by atoms with Crippen molar-refractivity contribution in [3.05, 3.63) is 21.9 Å². The van der Waals surface area contributed by atoms with E-state index in [1.54, 1.807) is 13.0 Å². The molecule has 0 aliphatic heterocycles. The van der Waals surface area contributed by atoms with Gasteiger partial charge in [-0.1, -0.05) is 0 Å². The smallest absolute Gasteiger partial charge is 0.348 e. The molecule has 1 aromatic rings. The van der Waals surface area contributed by atoms with Gasteiger partial charge in [0.2, 0.25) is 0 Å². The van der Waals surface area contributed by atoms with Gasteiger partial charge in [0.1, 0.15) is 4.88 Å². The van der Waals surface area contributed by atoms with Crippen molar-refractivity contribution in [2.45, 2.75) is 39.5 Å². The normalized spacial score (nSPS) is 13.1. The van der Waals surface area contributed by atoms with E-state index in [9.17, 15) is 9.90 Å². The zero-order valence-electron chi connectivity index (χ0n) is 11.3. The van der Waals surface area contributed by atoms with E-state index in [2.05, 4.69) is 23.5 Å². The molecule has 0 fully saturated rings. The van der Waals surface area contributed by atoms with Crippen LogP contribution in [0.5, 0.6) is 0 Å². The maximum atomic E-state index is 11.4. The van der Waals surface area contributed by atoms with Gasteiger partial charge in [-0.2, -0.15) is 0 Å². The van der Waals surface area contributed by atoms with Crippen molar-refractivity contribution in [1.29, 1.82) is 0 Å². The highest BCUT2D eigenvalue weighted by Crippen LogP contribution is 2.20. The molecule has 0 aromatic carbocycles. The third-order valence-corrected chi connectivity index (χ3v) is 3.69. The van der Waals surface area contributed by atoms with E-state index in [4.69, 9.17) is 0 Å². The second-order valence-electron chi connectivity index (χ2n) is 4.63. The summed E-state index contributed by atoms with van der Waals surface area (Å²) in [6.45, 7) is 7.34. The lowest BCUT2D eigenvalue weighted by Crippen LogP contribution is -2.35. The Hall–Kier alpha value is -0.910. The van der Waals surface area contributed by atoms with Gasteiger partial charge in [0.15, 0.2) is 0 Å². The van der Waals surface area contributed by atoms with Crippen molar-refractivity contribution in [2.75, 3.05) is 13.7 Å². The van der Waals surface area contributed by atoms with Gasteiger partial charge in [-0.25, -0.2) is 4.79 Å². The Morgan fingerprint density at radius 2 is 2.11 bits per heavy atom. The molecular formula is C13H21NO3S. The summed E-state index contributed by atoms with van der Waals surface area (Å²) in [5.74, 6) is -0.294. The Kier molecular flexibility index (Phi) is 5.78. The summed E-state index contributed by atoms with van der Waals surface area (Å²) in [6, 6.07) is 4.07. The van der Waals surface area contributed by atoms with Gasteiger partial charge >= 0.3 is 5.97 Å². The Bertz CT molecular complexity index is 387. The largest absolute Gasteiger partial charge is 0.465 e. The van der Waals surface area contributed by atoms with Gasteiger partial charge in [0.05, 0.1) is 13.2 Å². The minimum Gasteiger partial charge on any atom is -0.465 e. The second-order valence-corrected chi connectivity index (χ2v) is 5.80. The second kappa shape index (κ2) is 6.87. The first kappa shape index (κ1) is 15.1. The lowest BCUT2D eigenvalue weighted by Gasteiger charge is -2.27. The molecule has 0 spiro atoms. The van der Waals surface area contributed by atoms with Crippen molar-refractivity contribution in [2.24, 2.45) is 0 Å². The average molecular weight is 271 g/mol.